The fourth-order valence-corrected chi connectivity index (χ4v) is 5.24. The van der Waals surface area contributed by atoms with Crippen molar-refractivity contribution in [2.24, 2.45) is 0 Å². The minimum atomic E-state index is -5.81. The van der Waals surface area contributed by atoms with Crippen LogP contribution >= 0.6 is 7.82 Å². The Morgan fingerprint density at radius 1 is 1.34 bits per heavy atom. The van der Waals surface area contributed by atoms with Gasteiger partial charge >= 0.3 is 5.69 Å². The van der Waals surface area contributed by atoms with Crippen LogP contribution in [0.1, 0.15) is 19.6 Å². The van der Waals surface area contributed by atoms with Crippen molar-refractivity contribution in [1.82, 2.24) is 14.9 Å². The highest BCUT2D eigenvalue weighted by molar-refractivity contribution is 7.45. The molecule has 2 aliphatic rings. The maximum absolute atomic E-state index is 12.7. The van der Waals surface area contributed by atoms with E-state index < -0.39 is 106 Å². The monoisotopic (exact) mass is 612 g/mol. The van der Waals surface area contributed by atoms with Crippen molar-refractivity contribution in [1.29, 1.82) is 0 Å². The van der Waals surface area contributed by atoms with Gasteiger partial charge in [-0.2, -0.15) is 4.98 Å². The summed E-state index contributed by atoms with van der Waals surface area (Å²) < 4.78 is 33.1. The van der Waals surface area contributed by atoms with Crippen molar-refractivity contribution in [2.45, 2.75) is 74.1 Å². The number of rotatable bonds is 11. The Kier molecular flexibility index (Phi) is 10.2. The Labute approximate surface area is 230 Å². The fraction of sp³-hybridized carbons (Fsp3) is 0.700. The van der Waals surface area contributed by atoms with E-state index in [1.165, 1.54) is 6.07 Å². The molecule has 2 aliphatic heterocycles. The lowest BCUT2D eigenvalue weighted by Crippen LogP contribution is -2.69. The molecule has 0 spiro atoms. The van der Waals surface area contributed by atoms with Crippen molar-refractivity contribution in [3.63, 3.8) is 0 Å². The van der Waals surface area contributed by atoms with Crippen LogP contribution in [0.25, 0.3) is 0 Å². The van der Waals surface area contributed by atoms with Crippen molar-refractivity contribution >= 4 is 25.5 Å². The first-order chi connectivity index (χ1) is 19.0. The van der Waals surface area contributed by atoms with Crippen LogP contribution in [-0.4, -0.2) is 120 Å². The number of carboxylic acids is 1. The quantitative estimate of drug-likeness (QED) is 0.108. The van der Waals surface area contributed by atoms with Gasteiger partial charge in [-0.3, -0.25) is 18.5 Å². The van der Waals surface area contributed by atoms with Gasteiger partial charge in [0.05, 0.1) is 25.4 Å². The molecule has 21 heteroatoms. The van der Waals surface area contributed by atoms with E-state index in [9.17, 15) is 54.5 Å². The Balaban J connectivity index is 1.79. The third-order valence-electron chi connectivity index (χ3n) is 6.29. The van der Waals surface area contributed by atoms with Crippen molar-refractivity contribution < 1.29 is 73.3 Å². The lowest BCUT2D eigenvalue weighted by atomic mass is 9.88. The molecule has 232 valence electrons. The highest BCUT2D eigenvalue weighted by Crippen LogP contribution is 2.48. The number of aliphatic hydroxyl groups is 6. The summed E-state index contributed by atoms with van der Waals surface area (Å²) in [4.78, 5) is 51.8. The highest BCUT2D eigenvalue weighted by atomic mass is 31.2. The van der Waals surface area contributed by atoms with Crippen molar-refractivity contribution in [2.75, 3.05) is 18.9 Å². The molecule has 2 saturated heterocycles. The third-order valence-corrected chi connectivity index (χ3v) is 7.27. The molecule has 1 aromatic rings. The Morgan fingerprint density at radius 3 is 2.56 bits per heavy atom. The number of hydrogen-bond acceptors (Lipinski definition) is 18. The Hall–Kier alpha value is -2.59. The number of aliphatic carboxylic acids is 1. The van der Waals surface area contributed by atoms with Crippen LogP contribution in [0.15, 0.2) is 17.1 Å². The molecule has 0 aromatic carbocycles. The molecule has 1 aromatic heterocycles. The maximum atomic E-state index is 12.7. The number of ether oxygens (including phenoxy) is 2. The van der Waals surface area contributed by atoms with E-state index >= 15 is 0 Å². The molecule has 0 radical (unpaired) electrons. The largest absolute Gasteiger partial charge is 0.756 e. The second kappa shape index (κ2) is 12.7. The number of phosphoric acid groups is 1. The summed E-state index contributed by atoms with van der Waals surface area (Å²) in [7, 11) is -5.81. The number of carbonyl (C=O) groups is 2. The van der Waals surface area contributed by atoms with Crippen LogP contribution in [0.4, 0.5) is 5.82 Å². The summed E-state index contributed by atoms with van der Waals surface area (Å²) in [5, 5.41) is 74.7. The van der Waals surface area contributed by atoms with Crippen molar-refractivity contribution in [3.8, 4) is 0 Å². The Bertz CT molecular complexity index is 1220. The van der Waals surface area contributed by atoms with Crippen LogP contribution in [0.3, 0.4) is 0 Å². The standard InChI is InChI=1S/C20H31N4O16P/c1-7(26)22-12-8(27)4-20(18(32)33,39-16(12)13(29)9(28)5-25)40-41(35,36)37-6-10-14(30)15(31)17(38-10)24-3-2-11(21)23-19(24)34/h2-3,8-10,12-17,25,27-31H,4-6H2,1H3,(H,22,26)(H,32,33)(H,35,36)(H2,21,23,34)/p-2/t8-,9+,10+,12+,13+,14-,15-,16?,17?,20+/m0/s1. The average molecular weight is 612 g/mol. The lowest BCUT2D eigenvalue weighted by Gasteiger charge is -2.50. The van der Waals surface area contributed by atoms with Crippen LogP contribution in [0, 0.1) is 0 Å². The molecular weight excluding hydrogens is 583 g/mol. The number of nitrogens with two attached hydrogens (primary N) is 1. The van der Waals surface area contributed by atoms with Gasteiger partial charge in [0, 0.05) is 19.5 Å². The van der Waals surface area contributed by atoms with Gasteiger partial charge in [-0.25, -0.2) is 4.79 Å². The zero-order valence-corrected chi connectivity index (χ0v) is 22.1. The minimum absolute atomic E-state index is 0.149. The maximum Gasteiger partial charge on any atom is 0.351 e. The third kappa shape index (κ3) is 7.25. The van der Waals surface area contributed by atoms with Gasteiger partial charge in [-0.05, 0) is 6.07 Å². The average Bonchev–Trinajstić information content (AvgIpc) is 3.16. The first-order valence-corrected chi connectivity index (χ1v) is 13.3. The van der Waals surface area contributed by atoms with E-state index in [4.69, 9.17) is 20.3 Å². The van der Waals surface area contributed by atoms with Gasteiger partial charge in [0.2, 0.25) is 11.7 Å². The van der Waals surface area contributed by atoms with Crippen molar-refractivity contribution in [3.05, 3.63) is 22.7 Å². The molecule has 3 heterocycles. The summed E-state index contributed by atoms with van der Waals surface area (Å²) >= 11 is 0. The Morgan fingerprint density at radius 2 is 2.00 bits per heavy atom. The number of carbonyl (C=O) groups excluding carboxylic acids is 2. The highest BCUT2D eigenvalue weighted by Gasteiger charge is 2.54. The van der Waals surface area contributed by atoms with Gasteiger partial charge in [0.25, 0.3) is 7.82 Å². The van der Waals surface area contributed by atoms with E-state index in [1.54, 1.807) is 0 Å². The van der Waals surface area contributed by atoms with Gasteiger partial charge in [-0.15, -0.1) is 0 Å². The molecule has 20 nitrogen and oxygen atoms in total. The number of nitrogen functional groups attached to an aromatic ring is 1. The van der Waals surface area contributed by atoms with E-state index in [1.807, 2.05) is 0 Å². The van der Waals surface area contributed by atoms with Gasteiger partial charge < -0.3 is 70.5 Å². The predicted molar refractivity (Wildman–Crippen MR) is 123 cm³/mol. The molecule has 41 heavy (non-hydrogen) atoms. The number of amides is 1. The first kappa shape index (κ1) is 32.9. The molecule has 9 N–H and O–H groups in total. The SMILES string of the molecule is CC(=O)N[C@H]1C([C@H](O)[C@H](O)CO)O[C@](OP(=O)([O-])OC[C@H]2OC(n3ccc(N)nc3=O)[C@@H](O)[C@H]2O)(C(=O)[O-])C[C@@H]1O. The zero-order chi connectivity index (χ0) is 30.9. The molecule has 0 aliphatic carbocycles. The van der Waals surface area contributed by atoms with Crippen LogP contribution in [-0.2, 0) is 32.7 Å². The van der Waals surface area contributed by atoms with Gasteiger partial charge in [0.1, 0.15) is 48.4 Å². The van der Waals surface area contributed by atoms with E-state index in [-0.39, 0.29) is 5.82 Å². The van der Waals surface area contributed by atoms with Crippen LogP contribution in [0.5, 0.6) is 0 Å². The summed E-state index contributed by atoms with van der Waals surface area (Å²) in [6, 6.07) is -0.426. The molecule has 0 bridgehead atoms. The predicted octanol–water partition coefficient (Wildman–Crippen LogP) is -7.24. The van der Waals surface area contributed by atoms with Gasteiger partial charge in [-0.1, -0.05) is 0 Å². The zero-order valence-electron chi connectivity index (χ0n) is 21.2. The summed E-state index contributed by atoms with van der Waals surface area (Å²) in [5.74, 6) is -6.70. The number of nitrogens with one attached hydrogen (secondary N) is 1. The summed E-state index contributed by atoms with van der Waals surface area (Å²) in [6.07, 6.45) is -15.1. The van der Waals surface area contributed by atoms with Gasteiger partial charge in [0.15, 0.2) is 6.23 Å². The number of hydrogen-bond donors (Lipinski definition) is 8. The summed E-state index contributed by atoms with van der Waals surface area (Å²) in [5.41, 5.74) is 4.43. The number of anilines is 1. The molecule has 3 unspecified atom stereocenters. The first-order valence-electron chi connectivity index (χ1n) is 11.9. The summed E-state index contributed by atoms with van der Waals surface area (Å²) in [6.45, 7) is -1.18. The second-order valence-electron chi connectivity index (χ2n) is 9.28. The smallest absolute Gasteiger partial charge is 0.351 e. The number of aliphatic hydroxyl groups excluding tert-OH is 6. The number of carboxylic acid groups (broad SMARTS) is 1. The molecule has 3 rings (SSSR count). The molecule has 1 amide bonds. The molecular formula is C20H29N4O16P-2. The second-order valence-corrected chi connectivity index (χ2v) is 10.6. The number of aromatic nitrogens is 2. The van der Waals surface area contributed by atoms with E-state index in [0.29, 0.717) is 0 Å². The number of nitrogens with zero attached hydrogens (tertiary/aromatic N) is 2. The van der Waals surface area contributed by atoms with Crippen LogP contribution < -0.4 is 26.7 Å². The van der Waals surface area contributed by atoms with Crippen LogP contribution in [0.2, 0.25) is 0 Å². The molecule has 0 saturated carbocycles. The van der Waals surface area contributed by atoms with E-state index in [0.717, 1.165) is 17.7 Å². The lowest BCUT2D eigenvalue weighted by molar-refractivity contribution is -0.377. The topological polar surface area (TPSA) is 329 Å². The molecule has 2 fully saturated rings. The fourth-order valence-electron chi connectivity index (χ4n) is 4.30. The number of phosphoric ester groups is 1. The minimum Gasteiger partial charge on any atom is -0.756 e. The normalized spacial score (nSPS) is 34.9. The molecule has 11 atom stereocenters. The van der Waals surface area contributed by atoms with E-state index in [2.05, 4.69) is 19.3 Å².